The second kappa shape index (κ2) is 11.3. The number of ketones is 1. The number of piperazine rings is 1. The number of hydrazine groups is 1. The molecule has 1 spiro atoms. The number of amides is 1. The monoisotopic (exact) mass is 454 g/mol. The van der Waals surface area contributed by atoms with E-state index in [-0.39, 0.29) is 36.5 Å². The Balaban J connectivity index is 0.000000646. The van der Waals surface area contributed by atoms with Crippen molar-refractivity contribution in [2.75, 3.05) is 39.3 Å². The number of rotatable bonds is 2. The molecule has 0 radical (unpaired) electrons. The van der Waals surface area contributed by atoms with E-state index in [2.05, 4.69) is 15.2 Å². The van der Waals surface area contributed by atoms with Crippen LogP contribution >= 0.6 is 24.8 Å². The first-order valence-corrected chi connectivity index (χ1v) is 9.96. The molecule has 3 heterocycles. The fourth-order valence-corrected chi connectivity index (χ4v) is 4.96. The lowest BCUT2D eigenvalue weighted by Crippen LogP contribution is -2.78. The summed E-state index contributed by atoms with van der Waals surface area (Å²) in [5.41, 5.74) is -0.466. The molecule has 3 N–H and O–H groups in total. The van der Waals surface area contributed by atoms with Crippen LogP contribution in [-0.2, 0) is 9.59 Å². The zero-order chi connectivity index (χ0) is 19.4. The van der Waals surface area contributed by atoms with Crippen molar-refractivity contribution in [1.82, 2.24) is 20.2 Å². The van der Waals surface area contributed by atoms with Gasteiger partial charge in [-0.25, -0.2) is 9.80 Å². The molecule has 168 valence electrons. The molecule has 0 aromatic carbocycles. The Bertz CT molecular complexity index is 571. The van der Waals surface area contributed by atoms with E-state index < -0.39 is 11.7 Å². The van der Waals surface area contributed by atoms with E-state index >= 15 is 0 Å². The van der Waals surface area contributed by atoms with Gasteiger partial charge in [0.05, 0.1) is 0 Å². The van der Waals surface area contributed by atoms with E-state index in [0.717, 1.165) is 65.0 Å². The lowest BCUT2D eigenvalue weighted by Gasteiger charge is -2.57. The molecule has 11 heteroatoms. The van der Waals surface area contributed by atoms with Crippen molar-refractivity contribution in [3.05, 3.63) is 0 Å². The number of piperidine rings is 1. The van der Waals surface area contributed by atoms with Crippen molar-refractivity contribution >= 4 is 42.7 Å². The third-order valence-corrected chi connectivity index (χ3v) is 6.29. The highest BCUT2D eigenvalue weighted by Crippen LogP contribution is 2.42. The molecule has 0 atom stereocenters. The molecule has 0 unspecified atom stereocenters. The number of Topliss-reactive ketones (excluding diaryl/α,β-unsaturated/α-hetero) is 1. The van der Waals surface area contributed by atoms with Crippen LogP contribution in [0.15, 0.2) is 0 Å². The third-order valence-electron chi connectivity index (χ3n) is 6.29. The Hall–Kier alpha value is -1.13. The fraction of sp³-hybridized carbons (Fsp3) is 0.833. The molecule has 1 aliphatic carbocycles. The Labute approximate surface area is 183 Å². The molecule has 0 aromatic heterocycles. The standard InChI is InChI=1S/C17H28N4O2.CH2O3.2ClH/c22-15-16(23)21(17(15)6-2-1-3-7-17)20-12-10-19(11-13-20)14-4-8-18-9-5-14;2-1(3)4;;/h14,18H,1-13H2;(H2,2,3,4);2*1H. The van der Waals surface area contributed by atoms with E-state index in [0.29, 0.717) is 6.04 Å². The molecule has 1 saturated carbocycles. The van der Waals surface area contributed by atoms with Crippen LogP contribution in [0.4, 0.5) is 4.79 Å². The largest absolute Gasteiger partial charge is 0.503 e. The average Bonchev–Trinajstić information content (AvgIpc) is 2.69. The van der Waals surface area contributed by atoms with Gasteiger partial charge in [0.15, 0.2) is 0 Å². The molecular formula is C18H32Cl2N4O5. The highest BCUT2D eigenvalue weighted by molar-refractivity contribution is 6.46. The summed E-state index contributed by atoms with van der Waals surface area (Å²) >= 11 is 0. The maximum Gasteiger partial charge on any atom is 0.503 e. The van der Waals surface area contributed by atoms with Gasteiger partial charge in [0, 0.05) is 32.2 Å². The highest BCUT2D eigenvalue weighted by atomic mass is 35.5. The predicted molar refractivity (Wildman–Crippen MR) is 112 cm³/mol. The van der Waals surface area contributed by atoms with Crippen molar-refractivity contribution < 1.29 is 24.6 Å². The predicted octanol–water partition coefficient (Wildman–Crippen LogP) is 1.45. The molecule has 4 aliphatic rings. The number of hydrogen-bond donors (Lipinski definition) is 3. The number of nitrogens with zero attached hydrogens (tertiary/aromatic N) is 3. The van der Waals surface area contributed by atoms with Crippen LogP contribution in [0.25, 0.3) is 0 Å². The van der Waals surface area contributed by atoms with Gasteiger partial charge in [-0.1, -0.05) is 19.3 Å². The summed E-state index contributed by atoms with van der Waals surface area (Å²) in [6.07, 6.45) is 5.70. The van der Waals surface area contributed by atoms with E-state index in [9.17, 15) is 9.59 Å². The number of carboxylic acid groups (broad SMARTS) is 2. The lowest BCUT2D eigenvalue weighted by molar-refractivity contribution is -0.208. The second-order valence-corrected chi connectivity index (χ2v) is 7.79. The molecule has 0 aromatic rings. The van der Waals surface area contributed by atoms with Crippen LogP contribution in [0.3, 0.4) is 0 Å². The van der Waals surface area contributed by atoms with Gasteiger partial charge in [-0.05, 0) is 38.8 Å². The van der Waals surface area contributed by atoms with Crippen LogP contribution in [0.2, 0.25) is 0 Å². The summed E-state index contributed by atoms with van der Waals surface area (Å²) in [5, 5.41) is 21.4. The topological polar surface area (TPSA) is 113 Å². The first-order valence-electron chi connectivity index (χ1n) is 9.96. The molecule has 1 amide bonds. The Morgan fingerprint density at radius 2 is 1.45 bits per heavy atom. The number of nitrogens with one attached hydrogen (secondary N) is 1. The zero-order valence-corrected chi connectivity index (χ0v) is 18.2. The van der Waals surface area contributed by atoms with Crippen LogP contribution in [0, 0.1) is 0 Å². The van der Waals surface area contributed by atoms with Gasteiger partial charge in [0.1, 0.15) is 5.54 Å². The quantitative estimate of drug-likeness (QED) is 0.424. The Kier molecular flexibility index (Phi) is 10.1. The number of carbonyl (C=O) groups excluding carboxylic acids is 2. The van der Waals surface area contributed by atoms with E-state index in [1.54, 1.807) is 0 Å². The first-order chi connectivity index (χ1) is 13.0. The summed E-state index contributed by atoms with van der Waals surface area (Å²) in [7, 11) is 0. The maximum absolute atomic E-state index is 12.3. The molecule has 3 aliphatic heterocycles. The minimum Gasteiger partial charge on any atom is -0.450 e. The molecule has 29 heavy (non-hydrogen) atoms. The lowest BCUT2D eigenvalue weighted by atomic mass is 9.72. The highest BCUT2D eigenvalue weighted by Gasteiger charge is 2.62. The van der Waals surface area contributed by atoms with Crippen molar-refractivity contribution in [3.63, 3.8) is 0 Å². The summed E-state index contributed by atoms with van der Waals surface area (Å²) in [6, 6.07) is 0.691. The minimum absolute atomic E-state index is 0. The number of halogens is 2. The first kappa shape index (κ1) is 25.9. The number of carbonyl (C=O) groups is 3. The summed E-state index contributed by atoms with van der Waals surface area (Å²) in [4.78, 5) is 35.6. The van der Waals surface area contributed by atoms with E-state index in [1.165, 1.54) is 19.3 Å². The van der Waals surface area contributed by atoms with Gasteiger partial charge >= 0.3 is 12.1 Å². The second-order valence-electron chi connectivity index (χ2n) is 7.79. The third kappa shape index (κ3) is 5.52. The molecule has 3 saturated heterocycles. The molecule has 0 bridgehead atoms. The van der Waals surface area contributed by atoms with Crippen molar-refractivity contribution in [3.8, 4) is 0 Å². The van der Waals surface area contributed by atoms with E-state index in [1.807, 2.05) is 5.01 Å². The SMILES string of the molecule is Cl.Cl.O=C(O)O.O=C1C(=O)C2(CCCCC2)N1N1CCN(C2CCNCC2)CC1. The van der Waals surface area contributed by atoms with Crippen molar-refractivity contribution in [2.45, 2.75) is 56.5 Å². The number of β-lactam (4-membered cyclic amide) rings is 1. The molecular weight excluding hydrogens is 423 g/mol. The fourth-order valence-electron chi connectivity index (χ4n) is 4.96. The minimum atomic E-state index is -1.83. The van der Waals surface area contributed by atoms with Crippen LogP contribution in [0.5, 0.6) is 0 Å². The van der Waals surface area contributed by atoms with Crippen LogP contribution in [0.1, 0.15) is 44.9 Å². The maximum atomic E-state index is 12.3. The van der Waals surface area contributed by atoms with Crippen molar-refractivity contribution in [2.24, 2.45) is 0 Å². The summed E-state index contributed by atoms with van der Waals surface area (Å²) < 4.78 is 0. The van der Waals surface area contributed by atoms with Crippen LogP contribution < -0.4 is 5.32 Å². The molecule has 9 nitrogen and oxygen atoms in total. The molecule has 4 rings (SSSR count). The number of hydrogen-bond acceptors (Lipinski definition) is 6. The summed E-state index contributed by atoms with van der Waals surface area (Å²) in [5.74, 6) is -0.389. The normalized spacial score (nSPS) is 25.2. The van der Waals surface area contributed by atoms with Gasteiger partial charge in [0.2, 0.25) is 5.78 Å². The Morgan fingerprint density at radius 3 is 1.97 bits per heavy atom. The average molecular weight is 455 g/mol. The van der Waals surface area contributed by atoms with Gasteiger partial charge in [0.25, 0.3) is 0 Å². The molecule has 4 fully saturated rings. The summed E-state index contributed by atoms with van der Waals surface area (Å²) in [6.45, 7) is 6.02. The van der Waals surface area contributed by atoms with Gasteiger partial charge in [-0.3, -0.25) is 19.5 Å². The Morgan fingerprint density at radius 1 is 0.931 bits per heavy atom. The van der Waals surface area contributed by atoms with Crippen molar-refractivity contribution in [1.29, 1.82) is 0 Å². The van der Waals surface area contributed by atoms with Crippen LogP contribution in [-0.4, -0.2) is 93.8 Å². The zero-order valence-electron chi connectivity index (χ0n) is 16.5. The van der Waals surface area contributed by atoms with Gasteiger partial charge in [-0.2, -0.15) is 0 Å². The van der Waals surface area contributed by atoms with Gasteiger partial charge in [-0.15, -0.1) is 24.8 Å². The van der Waals surface area contributed by atoms with Gasteiger partial charge < -0.3 is 15.5 Å². The van der Waals surface area contributed by atoms with E-state index in [4.69, 9.17) is 15.0 Å². The smallest absolute Gasteiger partial charge is 0.450 e.